The largest absolute Gasteiger partial charge is 0.417 e. The number of nitriles is 1. The van der Waals surface area contributed by atoms with Gasteiger partial charge in [-0.2, -0.15) is 18.4 Å². The summed E-state index contributed by atoms with van der Waals surface area (Å²) in [6, 6.07) is 13.4. The molecule has 0 unspecified atom stereocenters. The molecule has 2 atom stereocenters. The van der Waals surface area contributed by atoms with Gasteiger partial charge in [-0.05, 0) is 43.0 Å². The van der Waals surface area contributed by atoms with E-state index in [1.165, 1.54) is 6.07 Å². The van der Waals surface area contributed by atoms with Crippen LogP contribution < -0.4 is 4.90 Å². The molecular weight excluding hydrogens is 443 g/mol. The van der Waals surface area contributed by atoms with Crippen molar-refractivity contribution in [3.63, 3.8) is 0 Å². The molecule has 8 heteroatoms. The summed E-state index contributed by atoms with van der Waals surface area (Å²) in [7, 11) is 1.62. The quantitative estimate of drug-likeness (QED) is 0.648. The summed E-state index contributed by atoms with van der Waals surface area (Å²) in [4.78, 5) is 16.9. The number of alkyl halides is 3. The number of rotatable bonds is 5. The number of hydrogen-bond donors (Lipinski definition) is 0. The first kappa shape index (κ1) is 24.1. The second-order valence-electron chi connectivity index (χ2n) is 9.48. The van der Waals surface area contributed by atoms with Crippen LogP contribution in [0.4, 0.5) is 18.9 Å². The van der Waals surface area contributed by atoms with E-state index in [1.54, 1.807) is 19.2 Å². The molecule has 0 bridgehead atoms. The summed E-state index contributed by atoms with van der Waals surface area (Å²) in [5.41, 5.74) is 0.879. The van der Waals surface area contributed by atoms with Crippen LogP contribution in [0.2, 0.25) is 0 Å². The van der Waals surface area contributed by atoms with E-state index < -0.39 is 11.7 Å². The minimum atomic E-state index is -4.60. The minimum Gasteiger partial charge on any atom is -0.384 e. The highest BCUT2D eigenvalue weighted by molar-refractivity contribution is 5.79. The van der Waals surface area contributed by atoms with E-state index in [-0.39, 0.29) is 22.8 Å². The topological polar surface area (TPSA) is 56.6 Å². The molecular formula is C26H28F3N3O2. The average molecular weight is 472 g/mol. The Morgan fingerprint density at radius 1 is 1.21 bits per heavy atom. The maximum absolute atomic E-state index is 13.5. The monoisotopic (exact) mass is 471 g/mol. The van der Waals surface area contributed by atoms with Gasteiger partial charge in [-0.3, -0.25) is 4.79 Å². The third-order valence-electron chi connectivity index (χ3n) is 7.12. The van der Waals surface area contributed by atoms with Crippen LogP contribution >= 0.6 is 0 Å². The van der Waals surface area contributed by atoms with Crippen LogP contribution in [0.3, 0.4) is 0 Å². The number of aryl methyl sites for hydroxylation is 1. The predicted molar refractivity (Wildman–Crippen MR) is 122 cm³/mol. The maximum atomic E-state index is 13.5. The lowest BCUT2D eigenvalue weighted by atomic mass is 9.74. The van der Waals surface area contributed by atoms with Crippen LogP contribution in [0.15, 0.2) is 42.5 Å². The smallest absolute Gasteiger partial charge is 0.384 e. The van der Waals surface area contributed by atoms with E-state index in [9.17, 15) is 18.0 Å². The zero-order chi connectivity index (χ0) is 24.5. The van der Waals surface area contributed by atoms with Crippen molar-refractivity contribution in [1.82, 2.24) is 4.90 Å². The lowest BCUT2D eigenvalue weighted by Crippen LogP contribution is -2.53. The third-order valence-corrected chi connectivity index (χ3v) is 7.12. The number of amides is 1. The maximum Gasteiger partial charge on any atom is 0.417 e. The summed E-state index contributed by atoms with van der Waals surface area (Å²) < 4.78 is 46.1. The molecule has 2 aliphatic rings. The second-order valence-corrected chi connectivity index (χ2v) is 9.48. The summed E-state index contributed by atoms with van der Waals surface area (Å²) in [6.45, 7) is 4.63. The number of likely N-dealkylation sites (tertiary alicyclic amines) is 1. The molecule has 0 saturated carbocycles. The van der Waals surface area contributed by atoms with Crippen LogP contribution in [0.5, 0.6) is 0 Å². The average Bonchev–Trinajstić information content (AvgIpc) is 3.18. The van der Waals surface area contributed by atoms with E-state index in [0.717, 1.165) is 23.6 Å². The third kappa shape index (κ3) is 4.76. The van der Waals surface area contributed by atoms with Crippen molar-refractivity contribution in [2.75, 3.05) is 44.8 Å². The van der Waals surface area contributed by atoms with Gasteiger partial charge in [0.15, 0.2) is 0 Å². The van der Waals surface area contributed by atoms with Crippen LogP contribution in [0.1, 0.15) is 28.7 Å². The summed E-state index contributed by atoms with van der Waals surface area (Å²) in [6.07, 6.45) is -3.51. The summed E-state index contributed by atoms with van der Waals surface area (Å²) in [5, 5.41) is 9.10. The van der Waals surface area contributed by atoms with Crippen molar-refractivity contribution in [3.05, 3.63) is 64.7 Å². The van der Waals surface area contributed by atoms with Crippen LogP contribution in [-0.2, 0) is 22.1 Å². The molecule has 0 radical (unpaired) electrons. The first-order valence-corrected chi connectivity index (χ1v) is 11.3. The Labute approximate surface area is 197 Å². The molecule has 2 aromatic rings. The summed E-state index contributed by atoms with van der Waals surface area (Å²) in [5.74, 6) is 0.245. The minimum absolute atomic E-state index is 0.0500. The molecule has 2 fully saturated rings. The molecule has 0 aliphatic carbocycles. The number of fused-ring (bicyclic) bond motifs is 1. The normalized spacial score (nSPS) is 22.4. The number of piperidine rings is 1. The van der Waals surface area contributed by atoms with Crippen molar-refractivity contribution < 1.29 is 22.7 Å². The fourth-order valence-corrected chi connectivity index (χ4v) is 5.34. The molecule has 1 amide bonds. The molecule has 0 N–H and O–H groups in total. The van der Waals surface area contributed by atoms with Gasteiger partial charge in [-0.15, -0.1) is 0 Å². The Morgan fingerprint density at radius 2 is 1.94 bits per heavy atom. The number of anilines is 1. The van der Waals surface area contributed by atoms with Gasteiger partial charge in [0.25, 0.3) is 0 Å². The second kappa shape index (κ2) is 9.30. The van der Waals surface area contributed by atoms with Crippen LogP contribution in [-0.4, -0.2) is 50.7 Å². The highest BCUT2D eigenvalue weighted by atomic mass is 19.4. The molecule has 2 heterocycles. The number of carbonyl (C=O) groups is 1. The summed E-state index contributed by atoms with van der Waals surface area (Å²) >= 11 is 0. The molecule has 2 aromatic carbocycles. The first-order valence-electron chi connectivity index (χ1n) is 11.3. The first-order chi connectivity index (χ1) is 16.1. The zero-order valence-corrected chi connectivity index (χ0v) is 19.4. The van der Waals surface area contributed by atoms with Gasteiger partial charge in [0, 0.05) is 44.4 Å². The number of nitrogens with zero attached hydrogens (tertiary/aromatic N) is 3. The molecule has 4 rings (SSSR count). The van der Waals surface area contributed by atoms with Gasteiger partial charge in [-0.1, -0.05) is 29.8 Å². The standard InChI is InChI=1S/C26H28F3N3O2/c1-18-3-5-19(6-4-18)11-24(33)31-10-9-21-14-32(16-25(21,15-31)17-34-2)22-8-7-20(13-30)23(12-22)26(27,28)29/h3-8,12,21H,9-11,14-17H2,1-2H3/t21-,25+/m1/s1. The Bertz CT molecular complexity index is 1090. The molecule has 0 aromatic heterocycles. The fraction of sp³-hybridized carbons (Fsp3) is 0.462. The lowest BCUT2D eigenvalue weighted by molar-refractivity contribution is -0.138. The van der Waals surface area contributed by atoms with Gasteiger partial charge in [-0.25, -0.2) is 0 Å². The molecule has 180 valence electrons. The number of carbonyl (C=O) groups excluding carboxylic acids is 1. The SMILES string of the molecule is COC[C@@]12CN(C(=O)Cc3ccc(C)cc3)CC[C@@H]1CN(c1ccc(C#N)c(C(F)(F)F)c1)C2. The number of methoxy groups -OCH3 is 1. The highest BCUT2D eigenvalue weighted by Crippen LogP contribution is 2.45. The Morgan fingerprint density at radius 3 is 2.59 bits per heavy atom. The highest BCUT2D eigenvalue weighted by Gasteiger charge is 2.51. The van der Waals surface area contributed by atoms with Gasteiger partial charge in [0.05, 0.1) is 30.2 Å². The predicted octanol–water partition coefficient (Wildman–Crippen LogP) is 4.43. The van der Waals surface area contributed by atoms with Crippen molar-refractivity contribution in [1.29, 1.82) is 5.26 Å². The molecule has 34 heavy (non-hydrogen) atoms. The van der Waals surface area contributed by atoms with Crippen molar-refractivity contribution in [2.45, 2.75) is 25.9 Å². The van der Waals surface area contributed by atoms with Gasteiger partial charge in [0.2, 0.25) is 5.91 Å². The number of ether oxygens (including phenoxy) is 1. The van der Waals surface area contributed by atoms with E-state index in [2.05, 4.69) is 0 Å². The van der Waals surface area contributed by atoms with Gasteiger partial charge in [0.1, 0.15) is 0 Å². The van der Waals surface area contributed by atoms with E-state index in [4.69, 9.17) is 10.00 Å². The lowest BCUT2D eigenvalue weighted by Gasteiger charge is -2.43. The zero-order valence-electron chi connectivity index (χ0n) is 19.4. The Kier molecular flexibility index (Phi) is 6.59. The van der Waals surface area contributed by atoms with E-state index in [1.807, 2.05) is 41.0 Å². The number of hydrogen-bond acceptors (Lipinski definition) is 4. The Hall–Kier alpha value is -3.05. The van der Waals surface area contributed by atoms with Gasteiger partial charge < -0.3 is 14.5 Å². The Balaban J connectivity index is 1.54. The fourth-order valence-electron chi connectivity index (χ4n) is 5.34. The van der Waals surface area contributed by atoms with Crippen LogP contribution in [0, 0.1) is 29.6 Å². The molecule has 0 spiro atoms. The van der Waals surface area contributed by atoms with Gasteiger partial charge >= 0.3 is 6.18 Å². The van der Waals surface area contributed by atoms with Crippen molar-refractivity contribution in [3.8, 4) is 6.07 Å². The van der Waals surface area contributed by atoms with E-state index >= 15 is 0 Å². The van der Waals surface area contributed by atoms with Crippen LogP contribution in [0.25, 0.3) is 0 Å². The number of halogens is 3. The van der Waals surface area contributed by atoms with Crippen molar-refractivity contribution in [2.24, 2.45) is 11.3 Å². The van der Waals surface area contributed by atoms with E-state index in [0.29, 0.717) is 44.9 Å². The van der Waals surface area contributed by atoms with Crippen molar-refractivity contribution >= 4 is 11.6 Å². The molecule has 2 saturated heterocycles. The molecule has 2 aliphatic heterocycles. The molecule has 5 nitrogen and oxygen atoms in total. The number of benzene rings is 2.